The van der Waals surface area contributed by atoms with E-state index < -0.39 is 10.0 Å². The summed E-state index contributed by atoms with van der Waals surface area (Å²) in [6.07, 6.45) is 1.93. The third-order valence-electron chi connectivity index (χ3n) is 4.50. The molecule has 1 amide bonds. The number of amides is 1. The van der Waals surface area contributed by atoms with E-state index >= 15 is 0 Å². The first kappa shape index (κ1) is 23.6. The fraction of sp³-hybridized carbons (Fsp3) is 0.381. The number of rotatable bonds is 10. The highest BCUT2D eigenvalue weighted by molar-refractivity contribution is 7.98. The maximum atomic E-state index is 12.3. The van der Waals surface area contributed by atoms with Gasteiger partial charge >= 0.3 is 0 Å². The molecule has 2 aromatic carbocycles. The summed E-state index contributed by atoms with van der Waals surface area (Å²) in [5, 5.41) is 3.55. The van der Waals surface area contributed by atoms with Crippen LogP contribution < -0.4 is 9.62 Å². The molecule has 0 unspecified atom stereocenters. The first-order valence-corrected chi connectivity index (χ1v) is 12.7. The van der Waals surface area contributed by atoms with Crippen LogP contribution in [0.1, 0.15) is 23.1 Å². The van der Waals surface area contributed by atoms with E-state index in [1.807, 2.05) is 44.2 Å². The number of nitrogens with one attached hydrogen (secondary N) is 1. The molecule has 0 radical (unpaired) electrons. The molecule has 0 fully saturated rings. The van der Waals surface area contributed by atoms with Crippen molar-refractivity contribution >= 4 is 45.0 Å². The van der Waals surface area contributed by atoms with Gasteiger partial charge in [0, 0.05) is 17.3 Å². The van der Waals surface area contributed by atoms with Gasteiger partial charge < -0.3 is 5.32 Å². The lowest BCUT2D eigenvalue weighted by Gasteiger charge is -2.24. The summed E-state index contributed by atoms with van der Waals surface area (Å²) in [5.41, 5.74) is 3.58. The number of aryl methyl sites for hydroxylation is 1. The molecule has 29 heavy (non-hydrogen) atoms. The number of halogens is 1. The van der Waals surface area contributed by atoms with Crippen molar-refractivity contribution in [1.29, 1.82) is 0 Å². The SMILES string of the molecule is Cc1cccc(N(CC(=O)NCCCSCc2ccc(Cl)cc2)S(C)(=O)=O)c1C. The summed E-state index contributed by atoms with van der Waals surface area (Å²) in [7, 11) is -3.57. The predicted molar refractivity (Wildman–Crippen MR) is 123 cm³/mol. The van der Waals surface area contributed by atoms with Crippen molar-refractivity contribution < 1.29 is 13.2 Å². The van der Waals surface area contributed by atoms with Gasteiger partial charge in [-0.15, -0.1) is 0 Å². The molecule has 1 N–H and O–H groups in total. The Hall–Kier alpha value is -1.70. The summed E-state index contributed by atoms with van der Waals surface area (Å²) >= 11 is 7.66. The minimum Gasteiger partial charge on any atom is -0.354 e. The van der Waals surface area contributed by atoms with Crippen LogP contribution in [0.3, 0.4) is 0 Å². The lowest BCUT2D eigenvalue weighted by molar-refractivity contribution is -0.119. The Morgan fingerprint density at radius 2 is 1.83 bits per heavy atom. The highest BCUT2D eigenvalue weighted by Gasteiger charge is 2.22. The van der Waals surface area contributed by atoms with Crippen molar-refractivity contribution in [3.8, 4) is 0 Å². The Bertz CT molecular complexity index is 931. The molecule has 5 nitrogen and oxygen atoms in total. The van der Waals surface area contributed by atoms with Crippen LogP contribution in [0.15, 0.2) is 42.5 Å². The lowest BCUT2D eigenvalue weighted by Crippen LogP contribution is -2.41. The van der Waals surface area contributed by atoms with Crippen LogP contribution in [0, 0.1) is 13.8 Å². The van der Waals surface area contributed by atoms with Gasteiger partial charge in [0.15, 0.2) is 0 Å². The van der Waals surface area contributed by atoms with Gasteiger partial charge in [0.1, 0.15) is 6.54 Å². The molecule has 8 heteroatoms. The third-order valence-corrected chi connectivity index (χ3v) is 7.00. The van der Waals surface area contributed by atoms with Gasteiger partial charge in [-0.1, -0.05) is 35.9 Å². The van der Waals surface area contributed by atoms with E-state index in [2.05, 4.69) is 5.32 Å². The van der Waals surface area contributed by atoms with Gasteiger partial charge in [-0.3, -0.25) is 9.10 Å². The second-order valence-electron chi connectivity index (χ2n) is 6.87. The standard InChI is InChI=1S/C21H27ClN2O3S2/c1-16-6-4-7-20(17(16)2)24(29(3,26)27)14-21(25)23-12-5-13-28-15-18-8-10-19(22)11-9-18/h4,6-11H,5,12-15H2,1-3H3,(H,23,25). The maximum absolute atomic E-state index is 12.3. The lowest BCUT2D eigenvalue weighted by atomic mass is 10.1. The van der Waals surface area contributed by atoms with Crippen LogP contribution in [0.4, 0.5) is 5.69 Å². The Labute approximate surface area is 182 Å². The summed E-state index contributed by atoms with van der Waals surface area (Å²) < 4.78 is 25.6. The second kappa shape index (κ2) is 10.9. The average molecular weight is 455 g/mol. The van der Waals surface area contributed by atoms with Crippen LogP contribution in [-0.4, -0.2) is 39.4 Å². The molecule has 0 heterocycles. The van der Waals surface area contributed by atoms with Crippen molar-refractivity contribution in [2.75, 3.05) is 29.4 Å². The van der Waals surface area contributed by atoms with Crippen LogP contribution in [0.25, 0.3) is 0 Å². The number of carbonyl (C=O) groups excluding carboxylic acids is 1. The molecule has 0 spiro atoms. The van der Waals surface area contributed by atoms with Crippen LogP contribution in [0.2, 0.25) is 5.02 Å². The molecule has 0 aliphatic heterocycles. The van der Waals surface area contributed by atoms with Crippen LogP contribution >= 0.6 is 23.4 Å². The molecule has 0 aliphatic rings. The number of nitrogens with zero attached hydrogens (tertiary/aromatic N) is 1. The van der Waals surface area contributed by atoms with E-state index in [0.29, 0.717) is 12.2 Å². The molecule has 0 aromatic heterocycles. The molecule has 0 atom stereocenters. The van der Waals surface area contributed by atoms with E-state index in [9.17, 15) is 13.2 Å². The molecular formula is C21H27ClN2O3S2. The Morgan fingerprint density at radius 1 is 1.14 bits per heavy atom. The monoisotopic (exact) mass is 454 g/mol. The van der Waals surface area contributed by atoms with Gasteiger partial charge in [-0.05, 0) is 60.9 Å². The van der Waals surface area contributed by atoms with E-state index in [0.717, 1.165) is 40.3 Å². The first-order valence-electron chi connectivity index (χ1n) is 9.31. The second-order valence-corrected chi connectivity index (χ2v) is 10.3. The van der Waals surface area contributed by atoms with Crippen LogP contribution in [0.5, 0.6) is 0 Å². The molecule has 0 saturated carbocycles. The maximum Gasteiger partial charge on any atom is 0.240 e. The minimum absolute atomic E-state index is 0.221. The van der Waals surface area contributed by atoms with Crippen molar-refractivity contribution in [3.05, 3.63) is 64.2 Å². The topological polar surface area (TPSA) is 66.5 Å². The fourth-order valence-electron chi connectivity index (χ4n) is 2.75. The number of carbonyl (C=O) groups is 1. The van der Waals surface area contributed by atoms with Crippen LogP contribution in [-0.2, 0) is 20.6 Å². The largest absolute Gasteiger partial charge is 0.354 e. The van der Waals surface area contributed by atoms with E-state index in [-0.39, 0.29) is 12.5 Å². The zero-order chi connectivity index (χ0) is 21.4. The quantitative estimate of drug-likeness (QED) is 0.547. The van der Waals surface area contributed by atoms with E-state index in [4.69, 9.17) is 11.6 Å². The molecule has 0 saturated heterocycles. The summed E-state index contributed by atoms with van der Waals surface area (Å²) in [4.78, 5) is 12.3. The molecule has 0 aliphatic carbocycles. The van der Waals surface area contributed by atoms with Gasteiger partial charge in [0.25, 0.3) is 0 Å². The van der Waals surface area contributed by atoms with Crippen molar-refractivity contribution in [2.45, 2.75) is 26.0 Å². The highest BCUT2D eigenvalue weighted by Crippen LogP contribution is 2.24. The van der Waals surface area contributed by atoms with Gasteiger partial charge in [-0.25, -0.2) is 8.42 Å². The number of thioether (sulfide) groups is 1. The smallest absolute Gasteiger partial charge is 0.240 e. The highest BCUT2D eigenvalue weighted by atomic mass is 35.5. The Kier molecular flexibility index (Phi) is 8.86. The molecule has 158 valence electrons. The first-order chi connectivity index (χ1) is 13.7. The number of sulfonamides is 1. The van der Waals surface area contributed by atoms with Gasteiger partial charge in [-0.2, -0.15) is 11.8 Å². The molecule has 2 aromatic rings. The zero-order valence-corrected chi connectivity index (χ0v) is 19.3. The van der Waals surface area contributed by atoms with E-state index in [1.165, 1.54) is 9.87 Å². The number of anilines is 1. The third kappa shape index (κ3) is 7.57. The predicted octanol–water partition coefficient (Wildman–Crippen LogP) is 4.16. The van der Waals surface area contributed by atoms with Gasteiger partial charge in [0.2, 0.25) is 15.9 Å². The van der Waals surface area contributed by atoms with Crippen molar-refractivity contribution in [3.63, 3.8) is 0 Å². The minimum atomic E-state index is -3.57. The zero-order valence-electron chi connectivity index (χ0n) is 16.9. The normalized spacial score (nSPS) is 11.3. The summed E-state index contributed by atoms with van der Waals surface area (Å²) in [5.74, 6) is 1.48. The van der Waals surface area contributed by atoms with Gasteiger partial charge in [0.05, 0.1) is 11.9 Å². The number of hydrogen-bond donors (Lipinski definition) is 1. The Morgan fingerprint density at radius 3 is 2.48 bits per heavy atom. The molecular weight excluding hydrogens is 428 g/mol. The van der Waals surface area contributed by atoms with E-state index in [1.54, 1.807) is 23.9 Å². The van der Waals surface area contributed by atoms with Crippen molar-refractivity contribution in [1.82, 2.24) is 5.32 Å². The number of benzene rings is 2. The summed E-state index contributed by atoms with van der Waals surface area (Å²) in [6.45, 7) is 4.07. The fourth-order valence-corrected chi connectivity index (χ4v) is 4.70. The summed E-state index contributed by atoms with van der Waals surface area (Å²) in [6, 6.07) is 13.2. The Balaban J connectivity index is 1.80. The number of hydrogen-bond acceptors (Lipinski definition) is 4. The molecule has 0 bridgehead atoms. The average Bonchev–Trinajstić information content (AvgIpc) is 2.66. The van der Waals surface area contributed by atoms with Crippen molar-refractivity contribution in [2.24, 2.45) is 0 Å². The molecule has 2 rings (SSSR count).